The molecular weight excluding hydrogens is 410 g/mol. The number of amidine groups is 1. The fourth-order valence-corrected chi connectivity index (χ4v) is 4.06. The molecule has 26 heavy (non-hydrogen) atoms. The topological polar surface area (TPSA) is 46.4 Å². The van der Waals surface area contributed by atoms with Gasteiger partial charge in [0.1, 0.15) is 0 Å². The van der Waals surface area contributed by atoms with Gasteiger partial charge in [0.15, 0.2) is 5.17 Å². The number of aromatic nitrogens is 1. The van der Waals surface area contributed by atoms with E-state index in [9.17, 15) is 4.79 Å². The number of hydrogen-bond donors (Lipinski definition) is 1. The summed E-state index contributed by atoms with van der Waals surface area (Å²) in [6.07, 6.45) is 1.96. The molecule has 0 spiro atoms. The molecule has 1 aliphatic rings. The van der Waals surface area contributed by atoms with Crippen LogP contribution in [0.1, 0.15) is 11.3 Å². The van der Waals surface area contributed by atoms with E-state index in [2.05, 4.69) is 49.9 Å². The molecular formula is C20H16BrN3OS. The molecule has 0 saturated carbocycles. The molecule has 1 saturated heterocycles. The van der Waals surface area contributed by atoms with Crippen molar-refractivity contribution in [1.29, 1.82) is 0 Å². The van der Waals surface area contributed by atoms with Crippen molar-refractivity contribution in [1.82, 2.24) is 9.88 Å². The third-order valence-electron chi connectivity index (χ3n) is 4.43. The van der Waals surface area contributed by atoms with Crippen molar-refractivity contribution in [3.8, 4) is 0 Å². The Labute approximate surface area is 164 Å². The van der Waals surface area contributed by atoms with Crippen LogP contribution in [0.5, 0.6) is 0 Å². The van der Waals surface area contributed by atoms with Gasteiger partial charge < -0.3 is 9.88 Å². The van der Waals surface area contributed by atoms with E-state index in [4.69, 9.17) is 0 Å². The molecule has 2 heterocycles. The van der Waals surface area contributed by atoms with Crippen LogP contribution in [0.25, 0.3) is 17.0 Å². The van der Waals surface area contributed by atoms with Gasteiger partial charge in [0.25, 0.3) is 5.91 Å². The molecule has 130 valence electrons. The molecule has 0 aliphatic carbocycles. The summed E-state index contributed by atoms with van der Waals surface area (Å²) in [6.45, 7) is 2.07. The van der Waals surface area contributed by atoms with Crippen LogP contribution in [-0.2, 0) is 11.8 Å². The number of hydrogen-bond acceptors (Lipinski definition) is 3. The van der Waals surface area contributed by atoms with Gasteiger partial charge in [-0.2, -0.15) is 0 Å². The zero-order valence-electron chi connectivity index (χ0n) is 14.3. The molecule has 1 aliphatic heterocycles. The first kappa shape index (κ1) is 17.1. The number of carbonyl (C=O) groups is 1. The first-order valence-electron chi connectivity index (χ1n) is 8.12. The second-order valence-electron chi connectivity index (χ2n) is 6.03. The third kappa shape index (κ3) is 3.10. The van der Waals surface area contributed by atoms with Crippen molar-refractivity contribution < 1.29 is 4.79 Å². The lowest BCUT2D eigenvalue weighted by atomic mass is 10.1. The number of benzene rings is 2. The number of para-hydroxylation sites is 1. The highest BCUT2D eigenvalue weighted by molar-refractivity contribution is 9.10. The van der Waals surface area contributed by atoms with Crippen molar-refractivity contribution in [2.24, 2.45) is 12.0 Å². The zero-order valence-corrected chi connectivity index (χ0v) is 16.7. The Kier molecular flexibility index (Phi) is 4.46. The Morgan fingerprint density at radius 3 is 2.65 bits per heavy atom. The van der Waals surface area contributed by atoms with Crippen molar-refractivity contribution in [3.05, 3.63) is 69.2 Å². The van der Waals surface area contributed by atoms with E-state index in [1.165, 1.54) is 11.8 Å². The van der Waals surface area contributed by atoms with Crippen LogP contribution in [0.15, 0.2) is 62.9 Å². The van der Waals surface area contributed by atoms with Gasteiger partial charge in [-0.15, -0.1) is 0 Å². The fourth-order valence-electron chi connectivity index (χ4n) is 2.98. The van der Waals surface area contributed by atoms with Crippen LogP contribution >= 0.6 is 27.7 Å². The first-order valence-corrected chi connectivity index (χ1v) is 9.73. The molecule has 6 heteroatoms. The second-order valence-corrected chi connectivity index (χ2v) is 7.98. The molecule has 3 aromatic rings. The van der Waals surface area contributed by atoms with Crippen LogP contribution < -0.4 is 5.32 Å². The fraction of sp³-hybridized carbons (Fsp3) is 0.100. The summed E-state index contributed by atoms with van der Waals surface area (Å²) in [5.74, 6) is -0.113. The van der Waals surface area contributed by atoms with Crippen molar-refractivity contribution in [3.63, 3.8) is 0 Å². The number of thioether (sulfide) groups is 1. The Hall–Kier alpha value is -2.31. The minimum atomic E-state index is -0.113. The number of carbonyl (C=O) groups excluding carboxylic acids is 1. The highest BCUT2D eigenvalue weighted by Gasteiger charge is 2.25. The molecule has 0 unspecified atom stereocenters. The van der Waals surface area contributed by atoms with E-state index in [1.807, 2.05) is 49.5 Å². The normalized spacial score (nSPS) is 17.4. The second kappa shape index (κ2) is 6.78. The maximum atomic E-state index is 12.4. The lowest BCUT2D eigenvalue weighted by molar-refractivity contribution is -0.115. The quantitative estimate of drug-likeness (QED) is 0.577. The summed E-state index contributed by atoms with van der Waals surface area (Å²) in [6, 6.07) is 15.9. The molecule has 1 amide bonds. The van der Waals surface area contributed by atoms with E-state index in [1.54, 1.807) is 0 Å². The predicted octanol–water partition coefficient (Wildman–Crippen LogP) is 5.14. The molecule has 1 fully saturated rings. The minimum Gasteiger partial charge on any atom is -0.347 e. The summed E-state index contributed by atoms with van der Waals surface area (Å²) in [5.41, 5.74) is 4.17. The number of amides is 1. The molecule has 0 bridgehead atoms. The smallest absolute Gasteiger partial charge is 0.264 e. The third-order valence-corrected chi connectivity index (χ3v) is 5.87. The van der Waals surface area contributed by atoms with Crippen LogP contribution in [-0.4, -0.2) is 15.6 Å². The maximum absolute atomic E-state index is 12.4. The van der Waals surface area contributed by atoms with Gasteiger partial charge in [0.2, 0.25) is 0 Å². The molecule has 4 rings (SSSR count). The molecule has 0 atom stereocenters. The predicted molar refractivity (Wildman–Crippen MR) is 113 cm³/mol. The number of aryl methyl sites for hydroxylation is 1. The number of nitrogens with zero attached hydrogens (tertiary/aromatic N) is 2. The van der Waals surface area contributed by atoms with E-state index in [0.717, 1.165) is 32.3 Å². The number of halogens is 1. The van der Waals surface area contributed by atoms with Crippen LogP contribution in [0, 0.1) is 6.92 Å². The Morgan fingerprint density at radius 2 is 1.88 bits per heavy atom. The van der Waals surface area contributed by atoms with Gasteiger partial charge in [-0.1, -0.05) is 34.1 Å². The van der Waals surface area contributed by atoms with Crippen LogP contribution in [0.2, 0.25) is 0 Å². The Bertz CT molecular complexity index is 1080. The van der Waals surface area contributed by atoms with Gasteiger partial charge in [0.05, 0.1) is 10.6 Å². The number of aliphatic imine (C=N–C) groups is 1. The highest BCUT2D eigenvalue weighted by atomic mass is 79.9. The van der Waals surface area contributed by atoms with Gasteiger partial charge >= 0.3 is 0 Å². The molecule has 0 radical (unpaired) electrons. The van der Waals surface area contributed by atoms with Gasteiger partial charge in [-0.05, 0) is 55.1 Å². The summed E-state index contributed by atoms with van der Waals surface area (Å²) in [5, 5.41) is 4.59. The summed E-state index contributed by atoms with van der Waals surface area (Å²) < 4.78 is 3.15. The lowest BCUT2D eigenvalue weighted by Gasteiger charge is -1.98. The van der Waals surface area contributed by atoms with Gasteiger partial charge in [0, 0.05) is 33.7 Å². The highest BCUT2D eigenvalue weighted by Crippen LogP contribution is 2.32. The molecule has 2 aromatic carbocycles. The zero-order chi connectivity index (χ0) is 18.3. The number of fused-ring (bicyclic) bond motifs is 1. The largest absolute Gasteiger partial charge is 0.347 e. The average molecular weight is 426 g/mol. The van der Waals surface area contributed by atoms with E-state index in [0.29, 0.717) is 10.1 Å². The number of nitrogens with one attached hydrogen (secondary N) is 1. The van der Waals surface area contributed by atoms with Crippen molar-refractivity contribution in [2.45, 2.75) is 6.92 Å². The SMILES string of the molecule is Cc1c(/C=C2/SC(=Nc3ccc(Br)cc3)NC2=O)c2ccccc2n1C. The number of rotatable bonds is 2. The van der Waals surface area contributed by atoms with E-state index in [-0.39, 0.29) is 5.91 Å². The van der Waals surface area contributed by atoms with Gasteiger partial charge in [-0.3, -0.25) is 4.79 Å². The summed E-state index contributed by atoms with van der Waals surface area (Å²) >= 11 is 4.78. The van der Waals surface area contributed by atoms with E-state index >= 15 is 0 Å². The molecule has 1 N–H and O–H groups in total. The van der Waals surface area contributed by atoms with Crippen LogP contribution in [0.3, 0.4) is 0 Å². The maximum Gasteiger partial charge on any atom is 0.264 e. The van der Waals surface area contributed by atoms with E-state index < -0.39 is 0 Å². The van der Waals surface area contributed by atoms with Crippen LogP contribution in [0.4, 0.5) is 5.69 Å². The Balaban J connectivity index is 1.70. The monoisotopic (exact) mass is 425 g/mol. The van der Waals surface area contributed by atoms with Crippen molar-refractivity contribution >= 4 is 61.4 Å². The summed E-state index contributed by atoms with van der Waals surface area (Å²) in [4.78, 5) is 17.6. The van der Waals surface area contributed by atoms with Gasteiger partial charge in [-0.25, -0.2) is 4.99 Å². The molecule has 1 aromatic heterocycles. The summed E-state index contributed by atoms with van der Waals surface area (Å²) in [7, 11) is 2.04. The average Bonchev–Trinajstić information content (AvgIpc) is 3.10. The molecule has 4 nitrogen and oxygen atoms in total. The minimum absolute atomic E-state index is 0.113. The lowest BCUT2D eigenvalue weighted by Crippen LogP contribution is -2.19. The standard InChI is InChI=1S/C20H16BrN3OS/c1-12-16(15-5-3-4-6-17(15)24(12)2)11-18-19(25)23-20(26-18)22-14-9-7-13(21)8-10-14/h3-11H,1-2H3,(H,22,23,25)/b18-11+. The van der Waals surface area contributed by atoms with Crippen molar-refractivity contribution in [2.75, 3.05) is 0 Å². The Morgan fingerprint density at radius 1 is 1.15 bits per heavy atom. The first-order chi connectivity index (χ1) is 12.5.